The van der Waals surface area contributed by atoms with Gasteiger partial charge >= 0.3 is 0 Å². The fourth-order valence-electron chi connectivity index (χ4n) is 2.32. The zero-order chi connectivity index (χ0) is 16.7. The molecule has 0 radical (unpaired) electrons. The minimum atomic E-state index is -0.509. The molecular weight excluding hydrogens is 296 g/mol. The molecular formula is C17H26N2O4. The molecule has 1 N–H and O–H groups in total. The number of pyridine rings is 1. The fourth-order valence-corrected chi connectivity index (χ4v) is 2.32. The van der Waals surface area contributed by atoms with Crippen LogP contribution in [0.4, 0.5) is 0 Å². The number of ether oxygens (including phenoxy) is 3. The number of rotatable bonds is 8. The summed E-state index contributed by atoms with van der Waals surface area (Å²) in [5.41, 5.74) is 0.848. The molecule has 2 atom stereocenters. The Labute approximate surface area is 137 Å². The fraction of sp³-hybridized carbons (Fsp3) is 0.647. The van der Waals surface area contributed by atoms with Crippen LogP contribution in [-0.2, 0) is 20.8 Å². The first kappa shape index (κ1) is 17.7. The van der Waals surface area contributed by atoms with E-state index in [4.69, 9.17) is 14.2 Å². The molecule has 1 aliphatic heterocycles. The van der Waals surface area contributed by atoms with Crippen LogP contribution in [0.25, 0.3) is 0 Å². The summed E-state index contributed by atoms with van der Waals surface area (Å²) in [4.78, 5) is 16.3. The molecule has 1 aromatic rings. The zero-order valence-electron chi connectivity index (χ0n) is 14.1. The van der Waals surface area contributed by atoms with Crippen molar-refractivity contribution in [1.82, 2.24) is 10.3 Å². The van der Waals surface area contributed by atoms with Gasteiger partial charge in [-0.1, -0.05) is 6.07 Å². The normalized spacial score (nSPS) is 18.9. The third-order valence-electron chi connectivity index (χ3n) is 3.58. The van der Waals surface area contributed by atoms with E-state index in [0.29, 0.717) is 19.0 Å². The van der Waals surface area contributed by atoms with Crippen LogP contribution in [0.15, 0.2) is 18.3 Å². The average Bonchev–Trinajstić information content (AvgIpc) is 3.04. The molecule has 128 valence electrons. The summed E-state index contributed by atoms with van der Waals surface area (Å²) in [5.74, 6) is 0.401. The second kappa shape index (κ2) is 8.84. The molecule has 1 aromatic heterocycles. The average molecular weight is 322 g/mol. The SMILES string of the molecule is CC(C)Oc1ncccc1CNC(=O)C(C)OCC1CCCO1. The second-order valence-electron chi connectivity index (χ2n) is 5.96. The Balaban J connectivity index is 1.79. The Morgan fingerprint density at radius 1 is 1.48 bits per heavy atom. The van der Waals surface area contributed by atoms with Crippen molar-refractivity contribution in [1.29, 1.82) is 0 Å². The summed E-state index contributed by atoms with van der Waals surface area (Å²) < 4.78 is 16.7. The van der Waals surface area contributed by atoms with E-state index in [9.17, 15) is 4.79 Å². The Bertz CT molecular complexity index is 501. The summed E-state index contributed by atoms with van der Waals surface area (Å²) >= 11 is 0. The Kier molecular flexibility index (Phi) is 6.80. The minimum absolute atomic E-state index is 0.0352. The van der Waals surface area contributed by atoms with Crippen LogP contribution in [-0.4, -0.2) is 42.4 Å². The molecule has 23 heavy (non-hydrogen) atoms. The molecule has 0 aromatic carbocycles. The monoisotopic (exact) mass is 322 g/mol. The van der Waals surface area contributed by atoms with Gasteiger partial charge in [-0.05, 0) is 39.7 Å². The number of nitrogens with zero attached hydrogens (tertiary/aromatic N) is 1. The maximum atomic E-state index is 12.1. The van der Waals surface area contributed by atoms with Crippen molar-refractivity contribution in [3.63, 3.8) is 0 Å². The van der Waals surface area contributed by atoms with E-state index in [1.165, 1.54) is 0 Å². The predicted molar refractivity (Wildman–Crippen MR) is 86.2 cm³/mol. The minimum Gasteiger partial charge on any atom is -0.475 e. The van der Waals surface area contributed by atoms with Crippen LogP contribution < -0.4 is 10.1 Å². The molecule has 0 saturated carbocycles. The van der Waals surface area contributed by atoms with E-state index in [-0.39, 0.29) is 18.1 Å². The van der Waals surface area contributed by atoms with Gasteiger partial charge in [0.05, 0.1) is 18.8 Å². The molecule has 2 heterocycles. The van der Waals surface area contributed by atoms with Crippen LogP contribution in [0.1, 0.15) is 39.2 Å². The molecule has 2 unspecified atom stereocenters. The largest absolute Gasteiger partial charge is 0.475 e. The molecule has 0 aliphatic carbocycles. The van der Waals surface area contributed by atoms with E-state index < -0.39 is 6.10 Å². The summed E-state index contributed by atoms with van der Waals surface area (Å²) in [7, 11) is 0. The standard InChI is InChI=1S/C17H26N2O4/c1-12(2)23-17-14(6-4-8-18-17)10-19-16(20)13(3)22-11-15-7-5-9-21-15/h4,6,8,12-13,15H,5,7,9-11H2,1-3H3,(H,19,20). The number of amides is 1. The van der Waals surface area contributed by atoms with Gasteiger partial charge in [0.1, 0.15) is 6.10 Å². The van der Waals surface area contributed by atoms with Gasteiger partial charge in [-0.25, -0.2) is 4.98 Å². The van der Waals surface area contributed by atoms with Crippen molar-refractivity contribution in [2.45, 2.75) is 58.5 Å². The lowest BCUT2D eigenvalue weighted by Crippen LogP contribution is -2.35. The Morgan fingerprint density at radius 3 is 3.00 bits per heavy atom. The summed E-state index contributed by atoms with van der Waals surface area (Å²) in [6.45, 7) is 7.24. The number of hydrogen-bond donors (Lipinski definition) is 1. The van der Waals surface area contributed by atoms with Gasteiger partial charge in [0.25, 0.3) is 0 Å². The van der Waals surface area contributed by atoms with E-state index in [2.05, 4.69) is 10.3 Å². The summed E-state index contributed by atoms with van der Waals surface area (Å²) in [6, 6.07) is 3.72. The number of carbonyl (C=O) groups excluding carboxylic acids is 1. The van der Waals surface area contributed by atoms with E-state index >= 15 is 0 Å². The van der Waals surface area contributed by atoms with Gasteiger partial charge < -0.3 is 19.5 Å². The van der Waals surface area contributed by atoms with Gasteiger partial charge in [0.2, 0.25) is 11.8 Å². The van der Waals surface area contributed by atoms with Crippen LogP contribution in [0.3, 0.4) is 0 Å². The number of aromatic nitrogens is 1. The lowest BCUT2D eigenvalue weighted by Gasteiger charge is -2.17. The first-order valence-electron chi connectivity index (χ1n) is 8.17. The predicted octanol–water partition coefficient (Wildman–Crippen LogP) is 2.07. The summed E-state index contributed by atoms with van der Waals surface area (Å²) in [6.07, 6.45) is 3.39. The molecule has 6 heteroatoms. The lowest BCUT2D eigenvalue weighted by molar-refractivity contribution is -0.133. The van der Waals surface area contributed by atoms with Gasteiger partial charge in [-0.3, -0.25) is 4.79 Å². The maximum Gasteiger partial charge on any atom is 0.249 e. The molecule has 0 bridgehead atoms. The van der Waals surface area contributed by atoms with Gasteiger partial charge in [0, 0.05) is 24.9 Å². The highest BCUT2D eigenvalue weighted by atomic mass is 16.5. The Morgan fingerprint density at radius 2 is 2.30 bits per heavy atom. The van der Waals surface area contributed by atoms with Gasteiger partial charge in [0.15, 0.2) is 0 Å². The highest BCUT2D eigenvalue weighted by Crippen LogP contribution is 2.16. The van der Waals surface area contributed by atoms with E-state index in [0.717, 1.165) is 25.0 Å². The van der Waals surface area contributed by atoms with Crippen molar-refractivity contribution < 1.29 is 19.0 Å². The van der Waals surface area contributed by atoms with Crippen molar-refractivity contribution in [2.75, 3.05) is 13.2 Å². The molecule has 1 saturated heterocycles. The van der Waals surface area contributed by atoms with Crippen LogP contribution in [0.2, 0.25) is 0 Å². The third kappa shape index (κ3) is 5.80. The molecule has 6 nitrogen and oxygen atoms in total. The zero-order valence-corrected chi connectivity index (χ0v) is 14.1. The van der Waals surface area contributed by atoms with Crippen molar-refractivity contribution >= 4 is 5.91 Å². The number of nitrogens with one attached hydrogen (secondary N) is 1. The first-order chi connectivity index (χ1) is 11.1. The van der Waals surface area contributed by atoms with Gasteiger partial charge in [-0.2, -0.15) is 0 Å². The van der Waals surface area contributed by atoms with Crippen LogP contribution in [0.5, 0.6) is 5.88 Å². The molecule has 1 aliphatic rings. The lowest BCUT2D eigenvalue weighted by atomic mass is 10.2. The molecule has 2 rings (SSSR count). The highest BCUT2D eigenvalue weighted by Gasteiger charge is 2.20. The van der Waals surface area contributed by atoms with Crippen molar-refractivity contribution in [3.8, 4) is 5.88 Å². The molecule has 1 amide bonds. The number of hydrogen-bond acceptors (Lipinski definition) is 5. The highest BCUT2D eigenvalue weighted by molar-refractivity contribution is 5.80. The van der Waals surface area contributed by atoms with Crippen molar-refractivity contribution in [3.05, 3.63) is 23.9 Å². The third-order valence-corrected chi connectivity index (χ3v) is 3.58. The number of carbonyl (C=O) groups is 1. The first-order valence-corrected chi connectivity index (χ1v) is 8.17. The Hall–Kier alpha value is -1.66. The molecule has 1 fully saturated rings. The van der Waals surface area contributed by atoms with Crippen LogP contribution in [0, 0.1) is 0 Å². The molecule has 0 spiro atoms. The maximum absolute atomic E-state index is 12.1. The van der Waals surface area contributed by atoms with E-state index in [1.54, 1.807) is 13.1 Å². The smallest absolute Gasteiger partial charge is 0.249 e. The summed E-state index contributed by atoms with van der Waals surface area (Å²) in [5, 5.41) is 2.86. The topological polar surface area (TPSA) is 69.7 Å². The second-order valence-corrected chi connectivity index (χ2v) is 5.96. The van der Waals surface area contributed by atoms with E-state index in [1.807, 2.05) is 26.0 Å². The quantitative estimate of drug-likeness (QED) is 0.793. The van der Waals surface area contributed by atoms with Crippen LogP contribution >= 0.6 is 0 Å². The van der Waals surface area contributed by atoms with Crippen molar-refractivity contribution in [2.24, 2.45) is 0 Å². The van der Waals surface area contributed by atoms with Gasteiger partial charge in [-0.15, -0.1) is 0 Å².